The number of nitrogens with zero attached hydrogens (tertiary/aromatic N) is 3. The molecular formula is C13H7N3O5. The molecule has 8 nitrogen and oxygen atoms in total. The van der Waals surface area contributed by atoms with Gasteiger partial charge in [0.15, 0.2) is 5.52 Å². The van der Waals surface area contributed by atoms with Crippen LogP contribution in [-0.4, -0.2) is 19.9 Å². The number of para-hydroxylation sites is 1. The molecule has 104 valence electrons. The maximum absolute atomic E-state index is 11.0. The van der Waals surface area contributed by atoms with Crippen molar-refractivity contribution in [3.63, 3.8) is 0 Å². The maximum Gasteiger partial charge on any atom is 0.295 e. The van der Waals surface area contributed by atoms with E-state index >= 15 is 0 Å². The molecule has 0 spiro atoms. The van der Waals surface area contributed by atoms with E-state index in [-0.39, 0.29) is 33.5 Å². The molecule has 1 aromatic heterocycles. The number of nitro benzene ring substituents is 2. The molecule has 1 heterocycles. The largest absolute Gasteiger partial charge is 0.507 e. The van der Waals surface area contributed by atoms with Crippen LogP contribution < -0.4 is 0 Å². The zero-order chi connectivity index (χ0) is 15.1. The first kappa shape index (κ1) is 12.7. The molecule has 0 amide bonds. The third-order valence-corrected chi connectivity index (χ3v) is 3.14. The summed E-state index contributed by atoms with van der Waals surface area (Å²) in [6.07, 6.45) is 0. The van der Waals surface area contributed by atoms with Crippen molar-refractivity contribution in [2.24, 2.45) is 0 Å². The van der Waals surface area contributed by atoms with Crippen LogP contribution in [0.25, 0.3) is 21.8 Å². The highest BCUT2D eigenvalue weighted by atomic mass is 16.6. The van der Waals surface area contributed by atoms with Gasteiger partial charge >= 0.3 is 0 Å². The minimum absolute atomic E-state index is 0.0451. The smallest absolute Gasteiger partial charge is 0.295 e. The van der Waals surface area contributed by atoms with Crippen LogP contribution >= 0.6 is 0 Å². The number of nitro groups is 2. The molecule has 0 saturated heterocycles. The Hall–Kier alpha value is -3.29. The Balaban J connectivity index is 2.52. The number of fused-ring (bicyclic) bond motifs is 2. The average molecular weight is 285 g/mol. The van der Waals surface area contributed by atoms with Crippen LogP contribution in [0.15, 0.2) is 36.4 Å². The summed E-state index contributed by atoms with van der Waals surface area (Å²) < 4.78 is 0. The van der Waals surface area contributed by atoms with Gasteiger partial charge in [-0.15, -0.1) is 0 Å². The van der Waals surface area contributed by atoms with Crippen molar-refractivity contribution >= 4 is 33.2 Å². The Bertz CT molecular complexity index is 922. The Morgan fingerprint density at radius 1 is 0.952 bits per heavy atom. The second kappa shape index (κ2) is 4.37. The lowest BCUT2D eigenvalue weighted by Gasteiger charge is -2.04. The van der Waals surface area contributed by atoms with Gasteiger partial charge in [-0.3, -0.25) is 20.2 Å². The van der Waals surface area contributed by atoms with Gasteiger partial charge in [-0.25, -0.2) is 4.98 Å². The molecule has 0 radical (unpaired) electrons. The van der Waals surface area contributed by atoms with Crippen molar-refractivity contribution in [1.82, 2.24) is 4.98 Å². The van der Waals surface area contributed by atoms with E-state index in [0.29, 0.717) is 5.39 Å². The molecule has 1 N–H and O–H groups in total. The Kier molecular flexibility index (Phi) is 2.65. The monoisotopic (exact) mass is 285 g/mol. The summed E-state index contributed by atoms with van der Waals surface area (Å²) >= 11 is 0. The summed E-state index contributed by atoms with van der Waals surface area (Å²) in [6.45, 7) is 0. The van der Waals surface area contributed by atoms with Gasteiger partial charge in [0.2, 0.25) is 0 Å². The lowest BCUT2D eigenvalue weighted by molar-refractivity contribution is -0.383. The van der Waals surface area contributed by atoms with Gasteiger partial charge in [0.25, 0.3) is 11.4 Å². The van der Waals surface area contributed by atoms with Crippen LogP contribution in [0, 0.1) is 20.2 Å². The summed E-state index contributed by atoms with van der Waals surface area (Å²) in [7, 11) is 0. The predicted octanol–water partition coefficient (Wildman–Crippen LogP) is 2.91. The Labute approximate surface area is 116 Å². The van der Waals surface area contributed by atoms with E-state index in [2.05, 4.69) is 4.98 Å². The molecule has 0 aliphatic heterocycles. The van der Waals surface area contributed by atoms with Crippen molar-refractivity contribution in [2.45, 2.75) is 0 Å². The number of hydrogen-bond acceptors (Lipinski definition) is 6. The topological polar surface area (TPSA) is 119 Å². The van der Waals surface area contributed by atoms with Gasteiger partial charge in [-0.2, -0.15) is 0 Å². The highest BCUT2D eigenvalue weighted by molar-refractivity contribution is 6.02. The minimum Gasteiger partial charge on any atom is -0.507 e. The number of non-ortho nitro benzene ring substituents is 2. The molecule has 2 aromatic carbocycles. The second-order valence-electron chi connectivity index (χ2n) is 4.35. The Morgan fingerprint density at radius 3 is 2.29 bits per heavy atom. The average Bonchev–Trinajstić information content (AvgIpc) is 2.45. The molecule has 3 aromatic rings. The fourth-order valence-electron chi connectivity index (χ4n) is 2.19. The first-order chi connectivity index (χ1) is 9.99. The van der Waals surface area contributed by atoms with Crippen LogP contribution in [0.5, 0.6) is 5.75 Å². The predicted molar refractivity (Wildman–Crippen MR) is 74.2 cm³/mol. The van der Waals surface area contributed by atoms with Crippen molar-refractivity contribution in [2.75, 3.05) is 0 Å². The molecule has 0 aliphatic rings. The number of phenols is 1. The fourth-order valence-corrected chi connectivity index (χ4v) is 2.19. The normalized spacial score (nSPS) is 10.9. The quantitative estimate of drug-likeness (QED) is 0.439. The van der Waals surface area contributed by atoms with E-state index in [1.165, 1.54) is 24.3 Å². The molecular weight excluding hydrogens is 278 g/mol. The summed E-state index contributed by atoms with van der Waals surface area (Å²) in [5.74, 6) is -0.170. The number of pyridine rings is 1. The molecule has 0 aliphatic carbocycles. The number of benzene rings is 2. The summed E-state index contributed by atoms with van der Waals surface area (Å²) in [5, 5.41) is 32.5. The standard InChI is InChI=1S/C13H7N3O5/c17-11-5-4-10(16(20)21)13-8(11)6-7-2-1-3-9(15(18)19)12(7)14-13/h1-6,17H. The van der Waals surface area contributed by atoms with Gasteiger partial charge < -0.3 is 5.11 Å². The van der Waals surface area contributed by atoms with E-state index in [1.807, 2.05) is 0 Å². The molecule has 0 saturated carbocycles. The Morgan fingerprint density at radius 2 is 1.62 bits per heavy atom. The first-order valence-corrected chi connectivity index (χ1v) is 5.83. The third kappa shape index (κ3) is 1.89. The van der Waals surface area contributed by atoms with Crippen molar-refractivity contribution < 1.29 is 15.0 Å². The van der Waals surface area contributed by atoms with Crippen LogP contribution in [0.4, 0.5) is 11.4 Å². The first-order valence-electron chi connectivity index (χ1n) is 5.83. The second-order valence-corrected chi connectivity index (χ2v) is 4.35. The highest BCUT2D eigenvalue weighted by Crippen LogP contribution is 2.35. The molecule has 0 atom stereocenters. The van der Waals surface area contributed by atoms with E-state index in [9.17, 15) is 25.3 Å². The number of rotatable bonds is 2. The summed E-state index contributed by atoms with van der Waals surface area (Å²) in [4.78, 5) is 24.8. The van der Waals surface area contributed by atoms with E-state index in [1.54, 1.807) is 6.07 Å². The number of aromatic hydroxyl groups is 1. The van der Waals surface area contributed by atoms with Gasteiger partial charge in [-0.05, 0) is 12.1 Å². The van der Waals surface area contributed by atoms with Crippen molar-refractivity contribution in [1.29, 1.82) is 0 Å². The molecule has 0 unspecified atom stereocenters. The minimum atomic E-state index is -0.643. The van der Waals surface area contributed by atoms with Crippen LogP contribution in [0.1, 0.15) is 0 Å². The SMILES string of the molecule is O=[N+]([O-])c1cccc2cc3c(O)ccc([N+](=O)[O-])c3nc12. The molecule has 3 rings (SSSR count). The third-order valence-electron chi connectivity index (χ3n) is 3.14. The lowest BCUT2D eigenvalue weighted by atomic mass is 10.1. The van der Waals surface area contributed by atoms with Gasteiger partial charge in [0.05, 0.1) is 9.85 Å². The van der Waals surface area contributed by atoms with Crippen molar-refractivity contribution in [3.05, 3.63) is 56.6 Å². The zero-order valence-corrected chi connectivity index (χ0v) is 10.4. The van der Waals surface area contributed by atoms with E-state index in [0.717, 1.165) is 6.07 Å². The van der Waals surface area contributed by atoms with E-state index < -0.39 is 9.85 Å². The fraction of sp³-hybridized carbons (Fsp3) is 0. The zero-order valence-electron chi connectivity index (χ0n) is 10.4. The van der Waals surface area contributed by atoms with Gasteiger partial charge in [0.1, 0.15) is 11.3 Å². The highest BCUT2D eigenvalue weighted by Gasteiger charge is 2.20. The van der Waals surface area contributed by atoms with E-state index in [4.69, 9.17) is 0 Å². The van der Waals surface area contributed by atoms with Gasteiger partial charge in [0, 0.05) is 22.9 Å². The number of aromatic nitrogens is 1. The molecule has 21 heavy (non-hydrogen) atoms. The van der Waals surface area contributed by atoms with Gasteiger partial charge in [-0.1, -0.05) is 12.1 Å². The summed E-state index contributed by atoms with van der Waals surface area (Å²) in [5.41, 5.74) is -0.597. The van der Waals surface area contributed by atoms with Crippen LogP contribution in [0.3, 0.4) is 0 Å². The molecule has 8 heteroatoms. The van der Waals surface area contributed by atoms with Crippen LogP contribution in [0.2, 0.25) is 0 Å². The maximum atomic E-state index is 11.0. The number of hydrogen-bond donors (Lipinski definition) is 1. The number of phenolic OH excluding ortho intramolecular Hbond substituents is 1. The molecule has 0 bridgehead atoms. The van der Waals surface area contributed by atoms with Crippen molar-refractivity contribution in [3.8, 4) is 5.75 Å². The lowest BCUT2D eigenvalue weighted by Crippen LogP contribution is -1.95. The summed E-state index contributed by atoms with van der Waals surface area (Å²) in [6, 6.07) is 8.12. The molecule has 0 fully saturated rings. The van der Waals surface area contributed by atoms with Crippen LogP contribution in [-0.2, 0) is 0 Å².